The summed E-state index contributed by atoms with van der Waals surface area (Å²) in [5.74, 6) is 1.06. The molecular weight excluding hydrogens is 478 g/mol. The topological polar surface area (TPSA) is 110 Å². The Kier molecular flexibility index (Phi) is 6.69. The summed E-state index contributed by atoms with van der Waals surface area (Å²) in [4.78, 5) is 29.7. The van der Waals surface area contributed by atoms with Gasteiger partial charge in [0.25, 0.3) is 0 Å². The number of nitriles is 1. The summed E-state index contributed by atoms with van der Waals surface area (Å²) in [5.41, 5.74) is 3.56. The Morgan fingerprint density at radius 2 is 1.95 bits per heavy atom. The number of rotatable bonds is 5. The number of nitrogens with one attached hydrogen (secondary N) is 2. The van der Waals surface area contributed by atoms with Gasteiger partial charge in [0.2, 0.25) is 0 Å². The van der Waals surface area contributed by atoms with Crippen molar-refractivity contribution in [3.63, 3.8) is 0 Å². The van der Waals surface area contributed by atoms with Crippen molar-refractivity contribution in [2.45, 2.75) is 31.7 Å². The molecule has 1 atom stereocenters. The summed E-state index contributed by atoms with van der Waals surface area (Å²) in [5, 5.41) is 14.5. The molecule has 0 aliphatic carbocycles. The van der Waals surface area contributed by atoms with E-state index in [0.29, 0.717) is 24.6 Å². The molecule has 3 aromatic heterocycles. The zero-order valence-electron chi connectivity index (χ0n) is 21.3. The van der Waals surface area contributed by atoms with Crippen LogP contribution in [0.4, 0.5) is 10.5 Å². The van der Waals surface area contributed by atoms with E-state index in [2.05, 4.69) is 43.4 Å². The number of carbonyl (C=O) groups excluding carboxylic acids is 1. The molecule has 4 aromatic rings. The zero-order valence-corrected chi connectivity index (χ0v) is 21.3. The van der Waals surface area contributed by atoms with Crippen molar-refractivity contribution in [3.05, 3.63) is 60.6 Å². The van der Waals surface area contributed by atoms with Crippen molar-refractivity contribution in [2.75, 3.05) is 37.7 Å². The first-order valence-electron chi connectivity index (χ1n) is 13.3. The number of ether oxygens (including phenoxy) is 1. The molecule has 2 aliphatic rings. The number of amides is 2. The molecule has 0 bridgehead atoms. The Balaban J connectivity index is 1.03. The average Bonchev–Trinajstić information content (AvgIpc) is 3.46. The number of likely N-dealkylation sites (tertiary alicyclic amines) is 1. The predicted molar refractivity (Wildman–Crippen MR) is 146 cm³/mol. The van der Waals surface area contributed by atoms with Gasteiger partial charge in [-0.05, 0) is 62.1 Å². The quantitative estimate of drug-likeness (QED) is 0.411. The molecule has 1 aromatic carbocycles. The van der Waals surface area contributed by atoms with Gasteiger partial charge in [0.15, 0.2) is 0 Å². The van der Waals surface area contributed by atoms with Crippen molar-refractivity contribution in [1.82, 2.24) is 25.2 Å². The monoisotopic (exact) mass is 509 g/mol. The van der Waals surface area contributed by atoms with Crippen LogP contribution >= 0.6 is 0 Å². The van der Waals surface area contributed by atoms with E-state index in [1.54, 1.807) is 12.1 Å². The van der Waals surface area contributed by atoms with Gasteiger partial charge in [-0.3, -0.25) is 4.98 Å². The number of anilines is 1. The predicted octanol–water partition coefficient (Wildman–Crippen LogP) is 4.45. The second kappa shape index (κ2) is 10.6. The number of nitrogens with zero attached hydrogens (tertiary/aromatic N) is 5. The molecule has 2 N–H and O–H groups in total. The van der Waals surface area contributed by atoms with Crippen LogP contribution in [0, 0.1) is 17.2 Å². The molecule has 38 heavy (non-hydrogen) atoms. The maximum Gasteiger partial charge on any atom is 0.317 e. The zero-order chi connectivity index (χ0) is 25.9. The Morgan fingerprint density at radius 3 is 2.76 bits per heavy atom. The van der Waals surface area contributed by atoms with Gasteiger partial charge in [-0.2, -0.15) is 5.26 Å². The number of pyridine rings is 2. The summed E-state index contributed by atoms with van der Waals surface area (Å²) >= 11 is 0. The molecule has 9 nitrogen and oxygen atoms in total. The van der Waals surface area contributed by atoms with Crippen LogP contribution in [-0.4, -0.2) is 64.7 Å². The lowest BCUT2D eigenvalue weighted by Gasteiger charge is -2.37. The smallest absolute Gasteiger partial charge is 0.317 e. The van der Waals surface area contributed by atoms with Gasteiger partial charge in [0.1, 0.15) is 11.4 Å². The van der Waals surface area contributed by atoms with E-state index in [-0.39, 0.29) is 12.1 Å². The normalized spacial score (nSPS) is 18.4. The van der Waals surface area contributed by atoms with E-state index < -0.39 is 0 Å². The van der Waals surface area contributed by atoms with E-state index in [0.717, 1.165) is 73.0 Å². The first kappa shape index (κ1) is 24.0. The Labute approximate surface area is 221 Å². The number of carbonyl (C=O) groups is 1. The Morgan fingerprint density at radius 1 is 1.11 bits per heavy atom. The molecule has 2 amide bonds. The molecule has 2 saturated heterocycles. The number of hydrogen-bond donors (Lipinski definition) is 2. The van der Waals surface area contributed by atoms with Crippen LogP contribution in [0.2, 0.25) is 0 Å². The standard InChI is InChI=1S/C29H31N7O2/c30-16-20-3-5-23(6-4-20)38-19-21-2-1-13-36(18-21)29(37)34-22-9-14-35(15-10-22)26-8-12-31-25-17-33-28-24(27(25)26)7-11-32-28/h3-8,11-12,17,21-22H,1-2,9-10,13-15,18-19H2,(H,32,33)(H,34,37). The summed E-state index contributed by atoms with van der Waals surface area (Å²) in [7, 11) is 0. The minimum Gasteiger partial charge on any atom is -0.493 e. The van der Waals surface area contributed by atoms with E-state index in [9.17, 15) is 4.79 Å². The molecule has 194 valence electrons. The van der Waals surface area contributed by atoms with Crippen LogP contribution in [-0.2, 0) is 0 Å². The molecule has 0 saturated carbocycles. The molecule has 6 rings (SSSR count). The number of aromatic amines is 1. The minimum atomic E-state index is 0.0287. The van der Waals surface area contributed by atoms with Crippen molar-refractivity contribution in [3.8, 4) is 11.8 Å². The summed E-state index contributed by atoms with van der Waals surface area (Å²) in [6.07, 6.45) is 9.41. The third-order valence-electron chi connectivity index (χ3n) is 7.71. The fourth-order valence-corrected chi connectivity index (χ4v) is 5.66. The van der Waals surface area contributed by atoms with Gasteiger partial charge in [-0.15, -0.1) is 0 Å². The van der Waals surface area contributed by atoms with E-state index in [1.165, 1.54) is 5.69 Å². The lowest BCUT2D eigenvalue weighted by molar-refractivity contribution is 0.134. The van der Waals surface area contributed by atoms with Crippen LogP contribution < -0.4 is 15.0 Å². The highest BCUT2D eigenvalue weighted by molar-refractivity contribution is 6.09. The highest BCUT2D eigenvalue weighted by Gasteiger charge is 2.28. The Hall–Kier alpha value is -4.32. The molecule has 1 unspecified atom stereocenters. The molecule has 2 fully saturated rings. The highest BCUT2D eigenvalue weighted by Crippen LogP contribution is 2.32. The van der Waals surface area contributed by atoms with Crippen molar-refractivity contribution in [2.24, 2.45) is 5.92 Å². The SMILES string of the molecule is N#Cc1ccc(OCC2CCCN(C(=O)NC3CCN(c4ccnc5cnc6[nH]ccc6c45)CC3)C2)cc1. The van der Waals surface area contributed by atoms with Gasteiger partial charge in [-0.1, -0.05) is 0 Å². The van der Waals surface area contributed by atoms with Gasteiger partial charge in [0, 0.05) is 67.0 Å². The molecule has 5 heterocycles. The van der Waals surface area contributed by atoms with Gasteiger partial charge in [-0.25, -0.2) is 9.78 Å². The maximum absolute atomic E-state index is 13.1. The minimum absolute atomic E-state index is 0.0287. The van der Waals surface area contributed by atoms with Crippen LogP contribution in [0.25, 0.3) is 21.9 Å². The summed E-state index contributed by atoms with van der Waals surface area (Å²) in [6, 6.07) is 13.6. The Bertz CT molecular complexity index is 1470. The van der Waals surface area contributed by atoms with E-state index >= 15 is 0 Å². The molecule has 0 spiro atoms. The number of aromatic nitrogens is 3. The molecular formula is C29H31N7O2. The van der Waals surface area contributed by atoms with Crippen molar-refractivity contribution >= 4 is 33.7 Å². The highest BCUT2D eigenvalue weighted by atomic mass is 16.5. The third kappa shape index (κ3) is 4.94. The number of benzene rings is 1. The second-order valence-electron chi connectivity index (χ2n) is 10.2. The summed E-state index contributed by atoms with van der Waals surface area (Å²) in [6.45, 7) is 3.79. The van der Waals surface area contributed by atoms with Gasteiger partial charge < -0.3 is 24.8 Å². The van der Waals surface area contributed by atoms with Gasteiger partial charge in [0.05, 0.1) is 30.0 Å². The fourth-order valence-electron chi connectivity index (χ4n) is 5.66. The second-order valence-corrected chi connectivity index (χ2v) is 10.2. The molecule has 0 radical (unpaired) electrons. The van der Waals surface area contributed by atoms with Crippen LogP contribution in [0.1, 0.15) is 31.2 Å². The van der Waals surface area contributed by atoms with Crippen LogP contribution in [0.3, 0.4) is 0 Å². The number of H-pyrrole nitrogens is 1. The number of piperidine rings is 2. The van der Waals surface area contributed by atoms with Gasteiger partial charge >= 0.3 is 6.03 Å². The van der Waals surface area contributed by atoms with Crippen LogP contribution in [0.5, 0.6) is 5.75 Å². The van der Waals surface area contributed by atoms with E-state index in [4.69, 9.17) is 10.00 Å². The van der Waals surface area contributed by atoms with Crippen molar-refractivity contribution in [1.29, 1.82) is 5.26 Å². The lowest BCUT2D eigenvalue weighted by Crippen LogP contribution is -2.52. The van der Waals surface area contributed by atoms with E-state index in [1.807, 2.05) is 35.6 Å². The third-order valence-corrected chi connectivity index (χ3v) is 7.71. The largest absolute Gasteiger partial charge is 0.493 e. The molecule has 9 heteroatoms. The van der Waals surface area contributed by atoms with Crippen molar-refractivity contribution < 1.29 is 9.53 Å². The number of urea groups is 1. The average molecular weight is 510 g/mol. The van der Waals surface area contributed by atoms with Crippen LogP contribution in [0.15, 0.2) is 55.0 Å². The fraction of sp³-hybridized carbons (Fsp3) is 0.379. The summed E-state index contributed by atoms with van der Waals surface area (Å²) < 4.78 is 5.95. The molecule has 2 aliphatic heterocycles. The first-order valence-corrected chi connectivity index (χ1v) is 13.3. The lowest BCUT2D eigenvalue weighted by atomic mass is 9.99. The number of hydrogen-bond acceptors (Lipinski definition) is 6. The number of fused-ring (bicyclic) bond motifs is 3. The maximum atomic E-state index is 13.1. The first-order chi connectivity index (χ1) is 18.7.